The van der Waals surface area contributed by atoms with Gasteiger partial charge in [0, 0.05) is 12.1 Å². The Bertz CT molecular complexity index is 720. The fraction of sp³-hybridized carbons (Fsp3) is 0.381. The van der Waals surface area contributed by atoms with Gasteiger partial charge >= 0.3 is 0 Å². The second-order valence-corrected chi connectivity index (χ2v) is 6.49. The number of carbonyl (C=O) groups excluding carboxylic acids is 1. The normalized spacial score (nSPS) is 15.1. The number of methoxy groups -OCH3 is 2. The van der Waals surface area contributed by atoms with Crippen molar-refractivity contribution in [1.29, 1.82) is 0 Å². The van der Waals surface area contributed by atoms with Gasteiger partial charge in [0.15, 0.2) is 0 Å². The van der Waals surface area contributed by atoms with Gasteiger partial charge in [0.1, 0.15) is 11.5 Å². The Morgan fingerprint density at radius 2 is 1.76 bits per heavy atom. The van der Waals surface area contributed by atoms with Gasteiger partial charge in [-0.2, -0.15) is 0 Å². The molecule has 1 aliphatic carbocycles. The van der Waals surface area contributed by atoms with E-state index in [-0.39, 0.29) is 5.91 Å². The Morgan fingerprint density at radius 3 is 2.36 bits per heavy atom. The summed E-state index contributed by atoms with van der Waals surface area (Å²) in [6.07, 6.45) is 3.63. The number of benzene rings is 2. The molecule has 0 aromatic heterocycles. The Kier molecular flexibility index (Phi) is 5.27. The predicted octanol–water partition coefficient (Wildman–Crippen LogP) is 3.48. The minimum atomic E-state index is -0.438. The SMILES string of the molecule is COc1ccc(CCNC(=O)C2(c3ccccc3OC)CCC2)cc1. The number of hydrogen-bond donors (Lipinski definition) is 1. The molecule has 2 aromatic carbocycles. The zero-order valence-electron chi connectivity index (χ0n) is 14.9. The van der Waals surface area contributed by atoms with Crippen LogP contribution in [-0.2, 0) is 16.6 Å². The summed E-state index contributed by atoms with van der Waals surface area (Å²) < 4.78 is 10.6. The van der Waals surface area contributed by atoms with Gasteiger partial charge in [0.25, 0.3) is 0 Å². The Balaban J connectivity index is 1.64. The van der Waals surface area contributed by atoms with Gasteiger partial charge < -0.3 is 14.8 Å². The molecular weight excluding hydrogens is 314 g/mol. The van der Waals surface area contributed by atoms with E-state index in [1.54, 1.807) is 14.2 Å². The lowest BCUT2D eigenvalue weighted by molar-refractivity contribution is -0.129. The molecule has 0 heterocycles. The third-order valence-corrected chi connectivity index (χ3v) is 5.12. The maximum Gasteiger partial charge on any atom is 0.230 e. The summed E-state index contributed by atoms with van der Waals surface area (Å²) in [5.41, 5.74) is 1.75. The van der Waals surface area contributed by atoms with Crippen LogP contribution in [-0.4, -0.2) is 26.7 Å². The number of hydrogen-bond acceptors (Lipinski definition) is 3. The van der Waals surface area contributed by atoms with E-state index >= 15 is 0 Å². The first-order chi connectivity index (χ1) is 12.2. The molecule has 0 unspecified atom stereocenters. The van der Waals surface area contributed by atoms with Crippen LogP contribution in [0, 0.1) is 0 Å². The molecule has 132 valence electrons. The highest BCUT2D eigenvalue weighted by Gasteiger charge is 2.47. The highest BCUT2D eigenvalue weighted by atomic mass is 16.5. The van der Waals surface area contributed by atoms with E-state index in [4.69, 9.17) is 9.47 Å². The largest absolute Gasteiger partial charge is 0.497 e. The van der Waals surface area contributed by atoms with E-state index in [2.05, 4.69) is 5.32 Å². The number of rotatable bonds is 7. The van der Waals surface area contributed by atoms with E-state index in [1.165, 1.54) is 5.56 Å². The second-order valence-electron chi connectivity index (χ2n) is 6.49. The Hall–Kier alpha value is -2.49. The topological polar surface area (TPSA) is 47.6 Å². The zero-order chi connectivity index (χ0) is 17.7. The van der Waals surface area contributed by atoms with Crippen LogP contribution in [0.1, 0.15) is 30.4 Å². The Labute approximate surface area is 149 Å². The molecule has 1 fully saturated rings. The zero-order valence-corrected chi connectivity index (χ0v) is 14.9. The first-order valence-corrected chi connectivity index (χ1v) is 8.74. The molecule has 4 nitrogen and oxygen atoms in total. The average molecular weight is 339 g/mol. The van der Waals surface area contributed by atoms with Gasteiger partial charge in [-0.3, -0.25) is 4.79 Å². The number of para-hydroxylation sites is 1. The first-order valence-electron chi connectivity index (χ1n) is 8.74. The molecule has 0 saturated heterocycles. The maximum absolute atomic E-state index is 12.9. The summed E-state index contributed by atoms with van der Waals surface area (Å²) >= 11 is 0. The highest BCUT2D eigenvalue weighted by Crippen LogP contribution is 2.47. The van der Waals surface area contributed by atoms with Crippen molar-refractivity contribution in [2.45, 2.75) is 31.1 Å². The van der Waals surface area contributed by atoms with Crippen LogP contribution >= 0.6 is 0 Å². The molecule has 3 rings (SSSR count). The molecule has 1 saturated carbocycles. The van der Waals surface area contributed by atoms with Crippen molar-refractivity contribution in [3.63, 3.8) is 0 Å². The van der Waals surface area contributed by atoms with E-state index in [0.29, 0.717) is 6.54 Å². The summed E-state index contributed by atoms with van der Waals surface area (Å²) in [7, 11) is 3.32. The summed E-state index contributed by atoms with van der Waals surface area (Å²) in [4.78, 5) is 12.9. The van der Waals surface area contributed by atoms with Crippen molar-refractivity contribution in [3.8, 4) is 11.5 Å². The summed E-state index contributed by atoms with van der Waals surface area (Å²) in [6.45, 7) is 0.627. The number of carbonyl (C=O) groups is 1. The van der Waals surface area contributed by atoms with Gasteiger partial charge in [-0.25, -0.2) is 0 Å². The van der Waals surface area contributed by atoms with Crippen LogP contribution in [0.3, 0.4) is 0 Å². The molecule has 0 radical (unpaired) electrons. The van der Waals surface area contributed by atoms with Crippen molar-refractivity contribution < 1.29 is 14.3 Å². The summed E-state index contributed by atoms with van der Waals surface area (Å²) in [5.74, 6) is 1.75. The predicted molar refractivity (Wildman–Crippen MR) is 98.2 cm³/mol. The van der Waals surface area contributed by atoms with E-state index in [0.717, 1.165) is 42.7 Å². The lowest BCUT2D eigenvalue weighted by Gasteiger charge is -2.41. The molecule has 1 aliphatic rings. The van der Waals surface area contributed by atoms with Crippen LogP contribution in [0.25, 0.3) is 0 Å². The lowest BCUT2D eigenvalue weighted by Crippen LogP contribution is -2.49. The van der Waals surface area contributed by atoms with Crippen LogP contribution in [0.15, 0.2) is 48.5 Å². The van der Waals surface area contributed by atoms with Crippen molar-refractivity contribution in [1.82, 2.24) is 5.32 Å². The number of ether oxygens (including phenoxy) is 2. The van der Waals surface area contributed by atoms with Crippen LogP contribution in [0.4, 0.5) is 0 Å². The molecule has 4 heteroatoms. The standard InChI is InChI=1S/C21H25NO3/c1-24-17-10-8-16(9-11-17)12-15-22-20(23)21(13-5-14-21)18-6-3-4-7-19(18)25-2/h3-4,6-11H,5,12-15H2,1-2H3,(H,22,23). The first kappa shape index (κ1) is 17.3. The number of amides is 1. The quantitative estimate of drug-likeness (QED) is 0.840. The fourth-order valence-corrected chi connectivity index (χ4v) is 3.47. The number of nitrogens with one attached hydrogen (secondary N) is 1. The fourth-order valence-electron chi connectivity index (χ4n) is 3.47. The molecule has 1 amide bonds. The minimum Gasteiger partial charge on any atom is -0.497 e. The van der Waals surface area contributed by atoms with Gasteiger partial charge in [-0.1, -0.05) is 36.8 Å². The van der Waals surface area contributed by atoms with E-state index in [9.17, 15) is 4.79 Å². The van der Waals surface area contributed by atoms with E-state index in [1.807, 2.05) is 48.5 Å². The Morgan fingerprint density at radius 1 is 1.04 bits per heavy atom. The van der Waals surface area contributed by atoms with Gasteiger partial charge in [0.2, 0.25) is 5.91 Å². The van der Waals surface area contributed by atoms with Crippen LogP contribution in [0.2, 0.25) is 0 Å². The highest BCUT2D eigenvalue weighted by molar-refractivity contribution is 5.90. The maximum atomic E-state index is 12.9. The molecule has 1 N–H and O–H groups in total. The molecule has 0 aliphatic heterocycles. The summed E-state index contributed by atoms with van der Waals surface area (Å²) in [6, 6.07) is 15.8. The van der Waals surface area contributed by atoms with Gasteiger partial charge in [-0.15, -0.1) is 0 Å². The molecule has 25 heavy (non-hydrogen) atoms. The lowest BCUT2D eigenvalue weighted by atomic mass is 9.63. The molecule has 0 bridgehead atoms. The van der Waals surface area contributed by atoms with Crippen molar-refractivity contribution in [3.05, 3.63) is 59.7 Å². The van der Waals surface area contributed by atoms with Crippen LogP contribution < -0.4 is 14.8 Å². The average Bonchev–Trinajstić information content (AvgIpc) is 2.62. The van der Waals surface area contributed by atoms with E-state index < -0.39 is 5.41 Å². The van der Waals surface area contributed by atoms with Crippen LogP contribution in [0.5, 0.6) is 11.5 Å². The third kappa shape index (κ3) is 3.48. The molecule has 2 aromatic rings. The van der Waals surface area contributed by atoms with Gasteiger partial charge in [0.05, 0.1) is 19.6 Å². The smallest absolute Gasteiger partial charge is 0.230 e. The minimum absolute atomic E-state index is 0.108. The summed E-state index contributed by atoms with van der Waals surface area (Å²) in [5, 5.41) is 3.13. The third-order valence-electron chi connectivity index (χ3n) is 5.12. The molecular formula is C21H25NO3. The molecule has 0 atom stereocenters. The van der Waals surface area contributed by atoms with Gasteiger partial charge in [-0.05, 0) is 43.0 Å². The second kappa shape index (κ2) is 7.60. The van der Waals surface area contributed by atoms with Crippen molar-refractivity contribution >= 4 is 5.91 Å². The molecule has 0 spiro atoms. The van der Waals surface area contributed by atoms with Crippen molar-refractivity contribution in [2.24, 2.45) is 0 Å². The van der Waals surface area contributed by atoms with Crippen molar-refractivity contribution in [2.75, 3.05) is 20.8 Å². The monoisotopic (exact) mass is 339 g/mol.